The minimum Gasteiger partial charge on any atom is -0.321 e. The van der Waals surface area contributed by atoms with Gasteiger partial charge in [0.05, 0.1) is 21.3 Å². The van der Waals surface area contributed by atoms with Crippen LogP contribution in [0.2, 0.25) is 15.1 Å². The van der Waals surface area contributed by atoms with Gasteiger partial charge in [0.2, 0.25) is 0 Å². The highest BCUT2D eigenvalue weighted by molar-refractivity contribution is 6.37. The molecular weight excluding hydrogens is 351 g/mol. The quantitative estimate of drug-likeness (QED) is 0.572. The Labute approximate surface area is 140 Å². The summed E-state index contributed by atoms with van der Waals surface area (Å²) in [5, 5.41) is 12.0. The molecule has 2 aromatic carbocycles. The minimum absolute atomic E-state index is 0.129. The zero-order valence-corrected chi connectivity index (χ0v) is 13.1. The first-order chi connectivity index (χ1) is 10.4. The summed E-state index contributed by atoms with van der Waals surface area (Å²) in [7, 11) is 0. The summed E-state index contributed by atoms with van der Waals surface area (Å²) in [5.41, 5.74) is 2.04. The highest BCUT2D eigenvalue weighted by Gasteiger charge is 2.14. The van der Waals surface area contributed by atoms with Gasteiger partial charge in [-0.1, -0.05) is 34.8 Å². The lowest BCUT2D eigenvalue weighted by molar-refractivity contribution is 0.0706. The van der Waals surface area contributed by atoms with E-state index >= 15 is 0 Å². The Bertz CT molecular complexity index is 750. The van der Waals surface area contributed by atoms with Crippen molar-refractivity contribution in [3.05, 3.63) is 62.6 Å². The third kappa shape index (κ3) is 3.69. The average Bonchev–Trinajstić information content (AvgIpc) is 2.48. The predicted octanol–water partition coefficient (Wildman–Crippen LogP) is 4.02. The number of benzene rings is 2. The fourth-order valence-electron chi connectivity index (χ4n) is 1.69. The Kier molecular flexibility index (Phi) is 5.26. The molecule has 22 heavy (non-hydrogen) atoms. The van der Waals surface area contributed by atoms with Crippen molar-refractivity contribution in [3.8, 4) is 0 Å². The van der Waals surface area contributed by atoms with Crippen molar-refractivity contribution in [1.29, 1.82) is 0 Å². The van der Waals surface area contributed by atoms with Gasteiger partial charge in [0.25, 0.3) is 11.8 Å². The number of nitrogens with one attached hydrogen (secondary N) is 2. The largest absolute Gasteiger partial charge is 0.321 e. The van der Waals surface area contributed by atoms with Crippen molar-refractivity contribution < 1.29 is 14.8 Å². The van der Waals surface area contributed by atoms with Crippen LogP contribution in [0.1, 0.15) is 20.7 Å². The van der Waals surface area contributed by atoms with Crippen LogP contribution in [0.15, 0.2) is 36.4 Å². The zero-order valence-electron chi connectivity index (χ0n) is 10.9. The highest BCUT2D eigenvalue weighted by Crippen LogP contribution is 2.26. The maximum Gasteiger partial charge on any atom is 0.274 e. The van der Waals surface area contributed by atoms with E-state index in [1.807, 2.05) is 0 Å². The van der Waals surface area contributed by atoms with Crippen molar-refractivity contribution in [2.75, 3.05) is 5.32 Å². The third-order valence-corrected chi connectivity index (χ3v) is 3.63. The van der Waals surface area contributed by atoms with Crippen LogP contribution in [0.3, 0.4) is 0 Å². The molecule has 0 unspecified atom stereocenters. The smallest absolute Gasteiger partial charge is 0.274 e. The normalized spacial score (nSPS) is 10.2. The van der Waals surface area contributed by atoms with E-state index in [-0.39, 0.29) is 26.9 Å². The first-order valence-corrected chi connectivity index (χ1v) is 7.06. The van der Waals surface area contributed by atoms with Gasteiger partial charge in [-0.25, -0.2) is 5.48 Å². The number of amides is 2. The summed E-state index contributed by atoms with van der Waals surface area (Å²) in [6, 6.07) is 8.59. The molecule has 0 spiro atoms. The molecule has 0 aliphatic rings. The van der Waals surface area contributed by atoms with Gasteiger partial charge in [-0.3, -0.25) is 14.8 Å². The number of hydrogen-bond donors (Lipinski definition) is 3. The zero-order chi connectivity index (χ0) is 16.3. The van der Waals surface area contributed by atoms with Crippen molar-refractivity contribution in [2.24, 2.45) is 0 Å². The molecule has 0 saturated heterocycles. The van der Waals surface area contributed by atoms with E-state index < -0.39 is 11.8 Å². The van der Waals surface area contributed by atoms with Gasteiger partial charge in [0, 0.05) is 10.6 Å². The maximum atomic E-state index is 12.2. The number of hydrogen-bond acceptors (Lipinski definition) is 3. The summed E-state index contributed by atoms with van der Waals surface area (Å²) < 4.78 is 0. The van der Waals surface area contributed by atoms with Crippen LogP contribution in [0.4, 0.5) is 5.69 Å². The van der Waals surface area contributed by atoms with Crippen molar-refractivity contribution in [1.82, 2.24) is 5.48 Å². The molecule has 0 fully saturated rings. The Balaban J connectivity index is 2.29. The first kappa shape index (κ1) is 16.6. The first-order valence-electron chi connectivity index (χ1n) is 5.92. The molecule has 0 heterocycles. The van der Waals surface area contributed by atoms with Crippen LogP contribution < -0.4 is 10.8 Å². The molecule has 0 aliphatic heterocycles. The number of hydroxylamine groups is 1. The van der Waals surface area contributed by atoms with Crippen LogP contribution in [-0.4, -0.2) is 17.0 Å². The third-order valence-electron chi connectivity index (χ3n) is 2.75. The van der Waals surface area contributed by atoms with E-state index in [1.165, 1.54) is 41.9 Å². The van der Waals surface area contributed by atoms with E-state index in [1.54, 1.807) is 0 Å². The predicted molar refractivity (Wildman–Crippen MR) is 85.1 cm³/mol. The number of carbonyl (C=O) groups excluding carboxylic acids is 2. The molecule has 0 atom stereocenters. The molecule has 0 aromatic heterocycles. The summed E-state index contributed by atoms with van der Waals surface area (Å²) >= 11 is 17.7. The fourth-order valence-corrected chi connectivity index (χ4v) is 2.35. The van der Waals surface area contributed by atoms with Crippen LogP contribution in [0.25, 0.3) is 0 Å². The summed E-state index contributed by atoms with van der Waals surface area (Å²) in [6.45, 7) is 0. The lowest BCUT2D eigenvalue weighted by atomic mass is 10.1. The van der Waals surface area contributed by atoms with E-state index in [9.17, 15) is 9.59 Å². The molecule has 5 nitrogen and oxygen atoms in total. The van der Waals surface area contributed by atoms with E-state index in [0.29, 0.717) is 5.02 Å². The lowest BCUT2D eigenvalue weighted by Crippen LogP contribution is -2.19. The van der Waals surface area contributed by atoms with Gasteiger partial charge in [-0.05, 0) is 36.4 Å². The molecule has 2 rings (SSSR count). The standard InChI is InChI=1S/C14H9Cl3N2O3/c15-8-2-3-9(11(17)6-8)14(21)18-12-5-7(13(20)19-22)1-4-10(12)16/h1-6,22H,(H,18,21)(H,19,20). The minimum atomic E-state index is -0.725. The molecule has 8 heteroatoms. The van der Waals surface area contributed by atoms with Crippen molar-refractivity contribution in [3.63, 3.8) is 0 Å². The Hall–Kier alpha value is -1.79. The Morgan fingerprint density at radius 1 is 0.909 bits per heavy atom. The summed E-state index contributed by atoms with van der Waals surface area (Å²) in [5.74, 6) is -1.23. The molecule has 2 amide bonds. The van der Waals surface area contributed by atoms with Crippen LogP contribution in [0.5, 0.6) is 0 Å². The van der Waals surface area contributed by atoms with Gasteiger partial charge < -0.3 is 5.32 Å². The molecule has 3 N–H and O–H groups in total. The fraction of sp³-hybridized carbons (Fsp3) is 0. The molecule has 0 saturated carbocycles. The number of halogens is 3. The van der Waals surface area contributed by atoms with Crippen molar-refractivity contribution in [2.45, 2.75) is 0 Å². The Morgan fingerprint density at radius 2 is 1.64 bits per heavy atom. The second-order valence-corrected chi connectivity index (χ2v) is 5.46. The molecule has 0 aliphatic carbocycles. The van der Waals surface area contributed by atoms with Crippen LogP contribution in [0, 0.1) is 0 Å². The van der Waals surface area contributed by atoms with Gasteiger partial charge in [0.15, 0.2) is 0 Å². The molecule has 114 valence electrons. The topological polar surface area (TPSA) is 78.4 Å². The average molecular weight is 360 g/mol. The van der Waals surface area contributed by atoms with Crippen molar-refractivity contribution >= 4 is 52.3 Å². The second-order valence-electron chi connectivity index (χ2n) is 4.21. The summed E-state index contributed by atoms with van der Waals surface area (Å²) in [4.78, 5) is 23.6. The monoisotopic (exact) mass is 358 g/mol. The molecule has 0 radical (unpaired) electrons. The van der Waals surface area contributed by atoms with Crippen LogP contribution >= 0.6 is 34.8 Å². The highest BCUT2D eigenvalue weighted by atomic mass is 35.5. The van der Waals surface area contributed by atoms with E-state index in [0.717, 1.165) is 0 Å². The number of anilines is 1. The summed E-state index contributed by atoms with van der Waals surface area (Å²) in [6.07, 6.45) is 0. The van der Waals surface area contributed by atoms with Gasteiger partial charge >= 0.3 is 0 Å². The van der Waals surface area contributed by atoms with E-state index in [4.69, 9.17) is 40.0 Å². The van der Waals surface area contributed by atoms with Gasteiger partial charge in [0.1, 0.15) is 0 Å². The molecular formula is C14H9Cl3N2O3. The molecule has 0 bridgehead atoms. The number of rotatable bonds is 3. The van der Waals surface area contributed by atoms with Gasteiger partial charge in [-0.2, -0.15) is 0 Å². The van der Waals surface area contributed by atoms with E-state index in [2.05, 4.69) is 5.32 Å². The molecule has 2 aromatic rings. The number of carbonyl (C=O) groups is 2. The van der Waals surface area contributed by atoms with Gasteiger partial charge in [-0.15, -0.1) is 0 Å². The Morgan fingerprint density at radius 3 is 2.27 bits per heavy atom. The van der Waals surface area contributed by atoms with Crippen LogP contribution in [-0.2, 0) is 0 Å². The lowest BCUT2D eigenvalue weighted by Gasteiger charge is -2.10. The SMILES string of the molecule is O=C(NO)c1ccc(Cl)c(NC(=O)c2ccc(Cl)cc2Cl)c1. The second kappa shape index (κ2) is 6.98. The maximum absolute atomic E-state index is 12.2.